The van der Waals surface area contributed by atoms with Crippen molar-refractivity contribution >= 4 is 39.0 Å². The highest BCUT2D eigenvalue weighted by molar-refractivity contribution is 7.89. The van der Waals surface area contributed by atoms with Gasteiger partial charge in [-0.15, -0.1) is 0 Å². The Bertz CT molecular complexity index is 865. The largest absolute Gasteiger partial charge is 0.386 e. The third-order valence-corrected chi connectivity index (χ3v) is 7.04. The minimum atomic E-state index is -3.51. The monoisotopic (exact) mass is 429 g/mol. The fourth-order valence-electron chi connectivity index (χ4n) is 3.02. The van der Waals surface area contributed by atoms with E-state index in [1.54, 1.807) is 24.3 Å². The van der Waals surface area contributed by atoms with Gasteiger partial charge in [0.05, 0.1) is 6.10 Å². The predicted octanol–water partition coefficient (Wildman–Crippen LogP) is 3.71. The molecule has 3 rings (SSSR count). The Labute approximate surface area is 169 Å². The van der Waals surface area contributed by atoms with Crippen LogP contribution >= 0.6 is 23.2 Å². The van der Waals surface area contributed by atoms with Gasteiger partial charge in [-0.1, -0.05) is 35.7 Å². The molecule has 0 bridgehead atoms. The Morgan fingerprint density at radius 2 is 1.78 bits per heavy atom. The molecule has 1 aliphatic heterocycles. The van der Waals surface area contributed by atoms with Crippen molar-refractivity contribution < 1.29 is 13.5 Å². The summed E-state index contributed by atoms with van der Waals surface area (Å²) in [5.74, 6) is 0.454. The number of sulfonamides is 1. The summed E-state index contributed by atoms with van der Waals surface area (Å²) in [5.41, 5.74) is 0.442. The van der Waals surface area contributed by atoms with Crippen molar-refractivity contribution in [2.75, 3.05) is 25.0 Å². The maximum Gasteiger partial charge on any atom is 0.244 e. The molecule has 146 valence electrons. The normalized spacial score (nSPS) is 16.9. The Hall–Kier alpha value is -1.38. The van der Waals surface area contributed by atoms with Crippen molar-refractivity contribution in [2.45, 2.75) is 30.3 Å². The number of aliphatic hydroxyl groups is 1. The number of hydrogen-bond donors (Lipinski definition) is 2. The van der Waals surface area contributed by atoms with Crippen LogP contribution in [0.4, 0.5) is 5.82 Å². The smallest absolute Gasteiger partial charge is 0.244 e. The summed E-state index contributed by atoms with van der Waals surface area (Å²) in [6.45, 7) is 1.23. The van der Waals surface area contributed by atoms with Crippen LogP contribution in [0.1, 0.15) is 30.9 Å². The van der Waals surface area contributed by atoms with Gasteiger partial charge in [-0.25, -0.2) is 13.4 Å². The lowest BCUT2D eigenvalue weighted by atomic mass is 10.1. The van der Waals surface area contributed by atoms with Crippen LogP contribution in [-0.2, 0) is 10.0 Å². The van der Waals surface area contributed by atoms with Crippen LogP contribution in [0.25, 0.3) is 0 Å². The lowest BCUT2D eigenvalue weighted by molar-refractivity contribution is 0.191. The highest BCUT2D eigenvalue weighted by Crippen LogP contribution is 2.30. The zero-order chi connectivity index (χ0) is 19.4. The number of aromatic nitrogens is 1. The number of nitrogens with zero attached hydrogens (tertiary/aromatic N) is 2. The van der Waals surface area contributed by atoms with E-state index >= 15 is 0 Å². The zero-order valence-corrected chi connectivity index (χ0v) is 16.9. The van der Waals surface area contributed by atoms with Crippen molar-refractivity contribution in [1.29, 1.82) is 0 Å². The zero-order valence-electron chi connectivity index (χ0n) is 14.6. The van der Waals surface area contributed by atoms with E-state index in [4.69, 9.17) is 23.2 Å². The molecule has 1 unspecified atom stereocenters. The summed E-state index contributed by atoms with van der Waals surface area (Å²) in [4.78, 5) is 4.33. The van der Waals surface area contributed by atoms with Gasteiger partial charge in [0.25, 0.3) is 0 Å². The topological polar surface area (TPSA) is 82.5 Å². The fourth-order valence-corrected chi connectivity index (χ4v) is 5.14. The Kier molecular flexibility index (Phi) is 6.60. The van der Waals surface area contributed by atoms with Crippen LogP contribution in [-0.4, -0.2) is 42.4 Å². The van der Waals surface area contributed by atoms with Crippen molar-refractivity contribution in [3.63, 3.8) is 0 Å². The molecule has 6 nitrogen and oxygen atoms in total. The van der Waals surface area contributed by atoms with Crippen molar-refractivity contribution in [2.24, 2.45) is 0 Å². The van der Waals surface area contributed by atoms with E-state index < -0.39 is 16.1 Å². The van der Waals surface area contributed by atoms with Gasteiger partial charge in [-0.3, -0.25) is 0 Å². The quantitative estimate of drug-likeness (QED) is 0.730. The van der Waals surface area contributed by atoms with E-state index in [1.807, 2.05) is 0 Å². The van der Waals surface area contributed by atoms with E-state index in [2.05, 4.69) is 10.3 Å². The van der Waals surface area contributed by atoms with E-state index in [0.29, 0.717) is 34.5 Å². The lowest BCUT2D eigenvalue weighted by Gasteiger charge is -2.25. The second kappa shape index (κ2) is 8.75. The van der Waals surface area contributed by atoms with Gasteiger partial charge in [0.2, 0.25) is 10.0 Å². The summed E-state index contributed by atoms with van der Waals surface area (Å²) < 4.78 is 26.7. The third kappa shape index (κ3) is 4.73. The van der Waals surface area contributed by atoms with Crippen LogP contribution in [0.15, 0.2) is 41.4 Å². The number of piperidine rings is 1. The summed E-state index contributed by atoms with van der Waals surface area (Å²) in [6, 6.07) is 8.12. The Balaban J connectivity index is 1.66. The minimum Gasteiger partial charge on any atom is -0.386 e. The molecule has 9 heteroatoms. The molecule has 27 heavy (non-hydrogen) atoms. The number of pyridine rings is 1. The molecule has 1 fully saturated rings. The van der Waals surface area contributed by atoms with Gasteiger partial charge in [0.15, 0.2) is 0 Å². The lowest BCUT2D eigenvalue weighted by Crippen LogP contribution is -2.35. The summed E-state index contributed by atoms with van der Waals surface area (Å²) >= 11 is 12.2. The maximum atomic E-state index is 12.6. The molecule has 1 aromatic heterocycles. The first kappa shape index (κ1) is 20.4. The molecular weight excluding hydrogens is 409 g/mol. The van der Waals surface area contributed by atoms with Crippen molar-refractivity contribution in [3.8, 4) is 0 Å². The van der Waals surface area contributed by atoms with Gasteiger partial charge in [-0.2, -0.15) is 4.31 Å². The molecule has 0 radical (unpaired) electrons. The standard InChI is InChI=1S/C18H21Cl2N3O3S/c19-14-5-4-6-15(20)18(14)16(24)12-22-17-8-7-13(11-21-17)27(25,26)23-9-2-1-3-10-23/h4-8,11,16,24H,1-3,9-10,12H2,(H,21,22). The molecule has 1 aromatic carbocycles. The molecule has 0 aliphatic carbocycles. The van der Waals surface area contributed by atoms with Crippen LogP contribution in [0, 0.1) is 0 Å². The molecule has 2 N–H and O–H groups in total. The molecule has 0 saturated carbocycles. The highest BCUT2D eigenvalue weighted by Gasteiger charge is 2.26. The number of hydrogen-bond acceptors (Lipinski definition) is 5. The predicted molar refractivity (Wildman–Crippen MR) is 107 cm³/mol. The van der Waals surface area contributed by atoms with Crippen molar-refractivity contribution in [3.05, 3.63) is 52.1 Å². The Morgan fingerprint density at radius 1 is 1.11 bits per heavy atom. The van der Waals surface area contributed by atoms with Gasteiger partial charge in [0.1, 0.15) is 10.7 Å². The van der Waals surface area contributed by atoms with Gasteiger partial charge in [0, 0.05) is 41.4 Å². The molecule has 1 atom stereocenters. The third-order valence-electron chi connectivity index (χ3n) is 4.50. The molecule has 0 spiro atoms. The van der Waals surface area contributed by atoms with Gasteiger partial charge in [-0.05, 0) is 37.1 Å². The molecule has 2 heterocycles. The number of nitrogens with one attached hydrogen (secondary N) is 1. The molecular formula is C18H21Cl2N3O3S. The average molecular weight is 430 g/mol. The van der Waals surface area contributed by atoms with E-state index in [1.165, 1.54) is 16.6 Å². The van der Waals surface area contributed by atoms with E-state index in [9.17, 15) is 13.5 Å². The maximum absolute atomic E-state index is 12.6. The first-order chi connectivity index (χ1) is 12.9. The minimum absolute atomic E-state index is 0.134. The molecule has 0 amide bonds. The van der Waals surface area contributed by atoms with Crippen LogP contribution in [0.2, 0.25) is 10.0 Å². The summed E-state index contributed by atoms with van der Waals surface area (Å²) in [5, 5.41) is 14.1. The van der Waals surface area contributed by atoms with Crippen LogP contribution < -0.4 is 5.32 Å². The van der Waals surface area contributed by atoms with E-state index in [-0.39, 0.29) is 11.4 Å². The SMILES string of the molecule is O=S(=O)(c1ccc(NCC(O)c2c(Cl)cccc2Cl)nc1)N1CCCCC1. The van der Waals surface area contributed by atoms with Gasteiger partial charge < -0.3 is 10.4 Å². The number of rotatable bonds is 6. The number of anilines is 1. The van der Waals surface area contributed by atoms with Crippen LogP contribution in [0.5, 0.6) is 0 Å². The molecule has 1 saturated heterocycles. The summed E-state index contributed by atoms with van der Waals surface area (Å²) in [6.07, 6.45) is 3.24. The molecule has 2 aromatic rings. The van der Waals surface area contributed by atoms with Gasteiger partial charge >= 0.3 is 0 Å². The second-order valence-electron chi connectivity index (χ2n) is 6.38. The number of halogens is 2. The van der Waals surface area contributed by atoms with Crippen LogP contribution in [0.3, 0.4) is 0 Å². The average Bonchev–Trinajstić information content (AvgIpc) is 2.67. The first-order valence-electron chi connectivity index (χ1n) is 8.71. The highest BCUT2D eigenvalue weighted by atomic mass is 35.5. The molecule has 1 aliphatic rings. The number of aliphatic hydroxyl groups excluding tert-OH is 1. The first-order valence-corrected chi connectivity index (χ1v) is 10.9. The Morgan fingerprint density at radius 3 is 2.37 bits per heavy atom. The van der Waals surface area contributed by atoms with Crippen molar-refractivity contribution in [1.82, 2.24) is 9.29 Å². The number of benzene rings is 1. The summed E-state index contributed by atoms with van der Waals surface area (Å²) in [7, 11) is -3.51. The van der Waals surface area contributed by atoms with E-state index in [0.717, 1.165) is 19.3 Å². The fraction of sp³-hybridized carbons (Fsp3) is 0.389. The second-order valence-corrected chi connectivity index (χ2v) is 9.13.